The van der Waals surface area contributed by atoms with Crippen molar-refractivity contribution in [3.63, 3.8) is 0 Å². The Labute approximate surface area is 150 Å². The molecule has 0 bridgehead atoms. The number of hydrogen-bond acceptors (Lipinski definition) is 3. The van der Waals surface area contributed by atoms with Crippen LogP contribution in [0.3, 0.4) is 0 Å². The van der Waals surface area contributed by atoms with Crippen LogP contribution in [0.4, 0.5) is 5.69 Å². The van der Waals surface area contributed by atoms with Gasteiger partial charge >= 0.3 is 0 Å². The van der Waals surface area contributed by atoms with Gasteiger partial charge < -0.3 is 15.2 Å². The first kappa shape index (κ1) is 19.2. The lowest BCUT2D eigenvalue weighted by Gasteiger charge is -2.37. The number of hydrogen-bond donors (Lipinski definition) is 2. The molecule has 0 aliphatic rings. The predicted molar refractivity (Wildman–Crippen MR) is 104 cm³/mol. The van der Waals surface area contributed by atoms with Gasteiger partial charge in [-0.25, -0.2) is 0 Å². The topological polar surface area (TPSA) is 58.6 Å². The standard InChI is InChI=1S/C20H26BNO3/c1-19(2,24)20(3,4)25-14-21-16-12-10-15(11-13-16)18(23)22-17-8-6-5-7-9-17/h5-13,21,24H,14H2,1-4H3,(H,22,23). The van der Waals surface area contributed by atoms with Crippen LogP contribution in [-0.4, -0.2) is 36.0 Å². The molecule has 132 valence electrons. The number of nitrogens with one attached hydrogen (secondary N) is 1. The van der Waals surface area contributed by atoms with Crippen molar-refractivity contribution in [2.75, 3.05) is 11.8 Å². The second kappa shape index (κ2) is 7.85. The number of benzene rings is 2. The molecule has 2 rings (SSSR count). The molecule has 0 unspecified atom stereocenters. The molecule has 0 radical (unpaired) electrons. The quantitative estimate of drug-likeness (QED) is 0.762. The Morgan fingerprint density at radius 3 is 2.20 bits per heavy atom. The molecule has 4 nitrogen and oxygen atoms in total. The Bertz CT molecular complexity index is 691. The Morgan fingerprint density at radius 1 is 1.04 bits per heavy atom. The smallest absolute Gasteiger partial charge is 0.255 e. The summed E-state index contributed by atoms with van der Waals surface area (Å²) in [5.74, 6) is -0.128. The maximum absolute atomic E-state index is 12.2. The minimum Gasteiger partial charge on any atom is -0.387 e. The van der Waals surface area contributed by atoms with Crippen molar-refractivity contribution in [1.82, 2.24) is 0 Å². The van der Waals surface area contributed by atoms with Gasteiger partial charge in [0.05, 0.1) is 11.2 Å². The van der Waals surface area contributed by atoms with E-state index in [0.717, 1.165) is 18.4 Å². The Balaban J connectivity index is 1.88. The highest BCUT2D eigenvalue weighted by molar-refractivity contribution is 6.53. The van der Waals surface area contributed by atoms with E-state index in [1.807, 2.05) is 68.4 Å². The average Bonchev–Trinajstić information content (AvgIpc) is 2.55. The maximum atomic E-state index is 12.2. The fourth-order valence-corrected chi connectivity index (χ4v) is 2.15. The summed E-state index contributed by atoms with van der Waals surface area (Å²) in [6.07, 6.45) is 0. The Hall–Kier alpha value is -2.11. The molecule has 0 aromatic heterocycles. The molecule has 0 saturated carbocycles. The second-order valence-electron chi connectivity index (χ2n) is 7.18. The van der Waals surface area contributed by atoms with Gasteiger partial charge in [-0.1, -0.05) is 35.8 Å². The van der Waals surface area contributed by atoms with E-state index in [9.17, 15) is 9.90 Å². The molecule has 0 spiro atoms. The number of aliphatic hydroxyl groups is 1. The van der Waals surface area contributed by atoms with E-state index >= 15 is 0 Å². The number of rotatable bonds is 7. The van der Waals surface area contributed by atoms with Gasteiger partial charge in [-0.3, -0.25) is 4.79 Å². The van der Waals surface area contributed by atoms with Crippen LogP contribution in [0, 0.1) is 0 Å². The zero-order valence-corrected chi connectivity index (χ0v) is 15.4. The number of carbonyl (C=O) groups excluding carboxylic acids is 1. The van der Waals surface area contributed by atoms with E-state index in [-0.39, 0.29) is 5.91 Å². The summed E-state index contributed by atoms with van der Waals surface area (Å²) >= 11 is 0. The minimum absolute atomic E-state index is 0.128. The molecule has 0 aliphatic heterocycles. The first-order chi connectivity index (χ1) is 11.7. The van der Waals surface area contributed by atoms with Gasteiger partial charge in [0.1, 0.15) is 0 Å². The molecular formula is C20H26BNO3. The zero-order chi connectivity index (χ0) is 18.5. The molecule has 0 aliphatic carbocycles. The fourth-order valence-electron chi connectivity index (χ4n) is 2.15. The van der Waals surface area contributed by atoms with E-state index in [1.54, 1.807) is 13.8 Å². The van der Waals surface area contributed by atoms with Crippen molar-refractivity contribution in [3.05, 3.63) is 60.2 Å². The number of amides is 1. The summed E-state index contributed by atoms with van der Waals surface area (Å²) in [5, 5.41) is 13.0. The van der Waals surface area contributed by atoms with Gasteiger partial charge in [-0.2, -0.15) is 0 Å². The van der Waals surface area contributed by atoms with Crippen molar-refractivity contribution in [2.45, 2.75) is 38.9 Å². The van der Waals surface area contributed by atoms with Gasteiger partial charge in [-0.15, -0.1) is 0 Å². The lowest BCUT2D eigenvalue weighted by Crippen LogP contribution is -2.48. The monoisotopic (exact) mass is 339 g/mol. The molecule has 5 heteroatoms. The number of para-hydroxylation sites is 1. The molecular weight excluding hydrogens is 313 g/mol. The van der Waals surface area contributed by atoms with Crippen molar-refractivity contribution >= 4 is 24.3 Å². The van der Waals surface area contributed by atoms with Crippen molar-refractivity contribution in [1.29, 1.82) is 0 Å². The van der Waals surface area contributed by atoms with E-state index < -0.39 is 11.2 Å². The summed E-state index contributed by atoms with van der Waals surface area (Å²) in [6, 6.07) is 16.9. The van der Waals surface area contributed by atoms with Crippen molar-refractivity contribution in [2.24, 2.45) is 0 Å². The largest absolute Gasteiger partial charge is 0.387 e. The highest BCUT2D eigenvalue weighted by Crippen LogP contribution is 2.24. The molecule has 2 N–H and O–H groups in total. The van der Waals surface area contributed by atoms with Crippen LogP contribution in [0.15, 0.2) is 54.6 Å². The van der Waals surface area contributed by atoms with E-state index in [4.69, 9.17) is 4.74 Å². The molecule has 2 aromatic carbocycles. The third-order valence-corrected chi connectivity index (χ3v) is 4.57. The normalized spacial score (nSPS) is 11.9. The third kappa shape index (κ3) is 5.44. The van der Waals surface area contributed by atoms with Crippen LogP contribution in [0.25, 0.3) is 0 Å². The van der Waals surface area contributed by atoms with Gasteiger partial charge in [0, 0.05) is 17.8 Å². The first-order valence-corrected chi connectivity index (χ1v) is 8.51. The molecule has 2 aromatic rings. The van der Waals surface area contributed by atoms with Gasteiger partial charge in [-0.05, 0) is 52.0 Å². The lowest BCUT2D eigenvalue weighted by molar-refractivity contribution is -0.135. The average molecular weight is 339 g/mol. The van der Waals surface area contributed by atoms with Gasteiger partial charge in [0.2, 0.25) is 0 Å². The summed E-state index contributed by atoms with van der Waals surface area (Å²) < 4.78 is 5.83. The number of anilines is 1. The summed E-state index contributed by atoms with van der Waals surface area (Å²) in [4.78, 5) is 12.2. The second-order valence-corrected chi connectivity index (χ2v) is 7.18. The van der Waals surface area contributed by atoms with Crippen LogP contribution in [0.2, 0.25) is 0 Å². The van der Waals surface area contributed by atoms with E-state index in [0.29, 0.717) is 12.1 Å². The summed E-state index contributed by atoms with van der Waals surface area (Å²) in [7, 11) is 0.722. The van der Waals surface area contributed by atoms with Crippen molar-refractivity contribution in [3.8, 4) is 0 Å². The number of ether oxygens (including phenoxy) is 1. The summed E-state index contributed by atoms with van der Waals surface area (Å²) in [6.45, 7) is 7.75. The Kier molecular flexibility index (Phi) is 6.04. The SMILES string of the molecule is CC(C)(O)C(C)(C)OCBc1ccc(C(=O)Nc2ccccc2)cc1. The lowest BCUT2D eigenvalue weighted by atomic mass is 9.71. The highest BCUT2D eigenvalue weighted by atomic mass is 16.5. The van der Waals surface area contributed by atoms with Crippen LogP contribution >= 0.6 is 0 Å². The molecule has 25 heavy (non-hydrogen) atoms. The summed E-state index contributed by atoms with van der Waals surface area (Å²) in [5.41, 5.74) is 0.946. The van der Waals surface area contributed by atoms with Crippen LogP contribution in [-0.2, 0) is 4.74 Å². The van der Waals surface area contributed by atoms with Gasteiger partial charge in [0.15, 0.2) is 7.28 Å². The Morgan fingerprint density at radius 2 is 1.64 bits per heavy atom. The van der Waals surface area contributed by atoms with Crippen LogP contribution in [0.1, 0.15) is 38.1 Å². The van der Waals surface area contributed by atoms with E-state index in [2.05, 4.69) is 5.32 Å². The minimum atomic E-state index is -0.910. The number of carbonyl (C=O) groups is 1. The van der Waals surface area contributed by atoms with Gasteiger partial charge in [0.25, 0.3) is 5.91 Å². The predicted octanol–water partition coefficient (Wildman–Crippen LogP) is 2.52. The molecule has 0 fully saturated rings. The fraction of sp³-hybridized carbons (Fsp3) is 0.350. The maximum Gasteiger partial charge on any atom is 0.255 e. The van der Waals surface area contributed by atoms with Crippen molar-refractivity contribution < 1.29 is 14.6 Å². The van der Waals surface area contributed by atoms with Crippen LogP contribution < -0.4 is 10.8 Å². The van der Waals surface area contributed by atoms with E-state index in [1.165, 1.54) is 0 Å². The molecule has 0 heterocycles. The zero-order valence-electron chi connectivity index (χ0n) is 15.4. The molecule has 1 amide bonds. The molecule has 0 atom stereocenters. The first-order valence-electron chi connectivity index (χ1n) is 8.51. The molecule has 0 saturated heterocycles. The highest BCUT2D eigenvalue weighted by Gasteiger charge is 2.35. The van der Waals surface area contributed by atoms with Crippen LogP contribution in [0.5, 0.6) is 0 Å². The third-order valence-electron chi connectivity index (χ3n) is 4.57.